The zero-order valence-electron chi connectivity index (χ0n) is 21.8. The van der Waals surface area contributed by atoms with Gasteiger partial charge in [0.25, 0.3) is 0 Å². The van der Waals surface area contributed by atoms with Crippen molar-refractivity contribution in [1.82, 2.24) is 10.2 Å². The number of halogens is 3. The van der Waals surface area contributed by atoms with E-state index in [4.69, 9.17) is 5.73 Å². The molecule has 6 nitrogen and oxygen atoms in total. The molecule has 0 spiro atoms. The fraction of sp³-hybridized carbons (Fsp3) is 0.467. The van der Waals surface area contributed by atoms with Crippen LogP contribution in [0.1, 0.15) is 55.6 Å². The first kappa shape index (κ1) is 27.2. The Morgan fingerprint density at radius 1 is 1.00 bits per heavy atom. The van der Waals surface area contributed by atoms with E-state index in [-0.39, 0.29) is 29.3 Å². The van der Waals surface area contributed by atoms with Crippen LogP contribution in [-0.2, 0) is 9.59 Å². The van der Waals surface area contributed by atoms with Crippen molar-refractivity contribution < 1.29 is 22.8 Å². The molecule has 5 rings (SSSR count). The van der Waals surface area contributed by atoms with Crippen molar-refractivity contribution in [1.29, 1.82) is 0 Å². The highest BCUT2D eigenvalue weighted by Crippen LogP contribution is 2.42. The van der Waals surface area contributed by atoms with Crippen molar-refractivity contribution in [3.8, 4) is 0 Å². The molecule has 4 N–H and O–H groups in total. The summed E-state index contributed by atoms with van der Waals surface area (Å²) in [5, 5.41) is 7.08. The monoisotopic (exact) mass is 540 g/mol. The lowest BCUT2D eigenvalue weighted by Gasteiger charge is -2.38. The van der Waals surface area contributed by atoms with Crippen molar-refractivity contribution in [2.75, 3.05) is 25.0 Å². The van der Waals surface area contributed by atoms with E-state index in [1.807, 2.05) is 0 Å². The highest BCUT2D eigenvalue weighted by Gasteiger charge is 2.36. The van der Waals surface area contributed by atoms with Gasteiger partial charge in [-0.15, -0.1) is 0 Å². The lowest BCUT2D eigenvalue weighted by molar-refractivity contribution is -0.128. The number of amides is 2. The van der Waals surface area contributed by atoms with Crippen LogP contribution in [0.25, 0.3) is 6.08 Å². The van der Waals surface area contributed by atoms with Gasteiger partial charge in [-0.2, -0.15) is 0 Å². The first-order valence-electron chi connectivity index (χ1n) is 13.8. The first-order chi connectivity index (χ1) is 18.8. The molecule has 2 amide bonds. The molecule has 9 heteroatoms. The lowest BCUT2D eigenvalue weighted by Crippen LogP contribution is -2.54. The van der Waals surface area contributed by atoms with Crippen LogP contribution in [-0.4, -0.2) is 48.4 Å². The van der Waals surface area contributed by atoms with E-state index in [0.29, 0.717) is 37.8 Å². The number of nitrogens with zero attached hydrogens (tertiary/aromatic N) is 1. The Bertz CT molecular complexity index is 1210. The van der Waals surface area contributed by atoms with Crippen molar-refractivity contribution >= 4 is 23.6 Å². The molecule has 39 heavy (non-hydrogen) atoms. The van der Waals surface area contributed by atoms with Crippen LogP contribution in [0.5, 0.6) is 0 Å². The van der Waals surface area contributed by atoms with Crippen LogP contribution in [0.2, 0.25) is 0 Å². The van der Waals surface area contributed by atoms with Crippen LogP contribution < -0.4 is 16.4 Å². The van der Waals surface area contributed by atoms with E-state index in [0.717, 1.165) is 44.4 Å². The molecule has 2 unspecified atom stereocenters. The molecule has 208 valence electrons. The van der Waals surface area contributed by atoms with E-state index in [1.54, 1.807) is 4.90 Å². The maximum Gasteiger partial charge on any atom is 0.246 e. The number of para-hydroxylation sites is 1. The Morgan fingerprint density at radius 3 is 2.33 bits per heavy atom. The summed E-state index contributed by atoms with van der Waals surface area (Å²) in [5.41, 5.74) is 8.54. The summed E-state index contributed by atoms with van der Waals surface area (Å²) in [7, 11) is 0. The van der Waals surface area contributed by atoms with Gasteiger partial charge >= 0.3 is 0 Å². The minimum Gasteiger partial charge on any atom is -0.384 e. The van der Waals surface area contributed by atoms with Crippen molar-refractivity contribution in [2.24, 2.45) is 17.6 Å². The molecular formula is C30H35F3N4O2. The maximum atomic E-state index is 13.4. The quantitative estimate of drug-likeness (QED) is 0.355. The summed E-state index contributed by atoms with van der Waals surface area (Å²) < 4.78 is 40.0. The molecule has 1 saturated heterocycles. The minimum absolute atomic E-state index is 0.0273. The number of hydrogen-bond donors (Lipinski definition) is 3. The summed E-state index contributed by atoms with van der Waals surface area (Å²) in [6, 6.07) is 10.0. The van der Waals surface area contributed by atoms with E-state index in [1.165, 1.54) is 23.4 Å². The molecule has 2 heterocycles. The molecule has 2 aromatic rings. The summed E-state index contributed by atoms with van der Waals surface area (Å²) >= 11 is 0. The van der Waals surface area contributed by atoms with Gasteiger partial charge in [-0.3, -0.25) is 9.59 Å². The van der Waals surface area contributed by atoms with Crippen LogP contribution in [0.3, 0.4) is 0 Å². The van der Waals surface area contributed by atoms with Gasteiger partial charge in [-0.05, 0) is 85.8 Å². The van der Waals surface area contributed by atoms with Crippen LogP contribution >= 0.6 is 0 Å². The Labute approximate surface area is 226 Å². The van der Waals surface area contributed by atoms with E-state index in [2.05, 4.69) is 34.9 Å². The van der Waals surface area contributed by atoms with E-state index in [9.17, 15) is 22.8 Å². The number of anilines is 1. The van der Waals surface area contributed by atoms with Gasteiger partial charge in [0.1, 0.15) is 0 Å². The highest BCUT2D eigenvalue weighted by molar-refractivity contribution is 5.91. The van der Waals surface area contributed by atoms with Gasteiger partial charge in [0, 0.05) is 43.4 Å². The smallest absolute Gasteiger partial charge is 0.246 e. The molecular weight excluding hydrogens is 505 g/mol. The average molecular weight is 541 g/mol. The van der Waals surface area contributed by atoms with Crippen molar-refractivity contribution in [2.45, 2.75) is 56.5 Å². The predicted molar refractivity (Wildman–Crippen MR) is 144 cm³/mol. The third-order valence-corrected chi connectivity index (χ3v) is 8.68. The number of carbonyl (C=O) groups is 2. The molecule has 2 atom stereocenters. The maximum absolute atomic E-state index is 13.4. The summed E-state index contributed by atoms with van der Waals surface area (Å²) in [6.45, 7) is 1.88. The molecule has 0 radical (unpaired) electrons. The third kappa shape index (κ3) is 6.13. The average Bonchev–Trinajstić information content (AvgIpc) is 3.38. The zero-order valence-corrected chi connectivity index (χ0v) is 21.8. The molecule has 2 fully saturated rings. The molecule has 1 aliphatic carbocycles. The number of primary amides is 1. The van der Waals surface area contributed by atoms with Gasteiger partial charge in [0.05, 0.1) is 6.04 Å². The number of nitrogens with one attached hydrogen (secondary N) is 2. The number of rotatable bonds is 7. The van der Waals surface area contributed by atoms with Gasteiger partial charge < -0.3 is 21.3 Å². The van der Waals surface area contributed by atoms with Crippen molar-refractivity contribution in [3.05, 3.63) is 71.1 Å². The Morgan fingerprint density at radius 2 is 1.67 bits per heavy atom. The second-order valence-electron chi connectivity index (χ2n) is 11.0. The number of fused-ring (bicyclic) bond motifs is 1. The summed E-state index contributed by atoms with van der Waals surface area (Å²) in [4.78, 5) is 26.7. The minimum atomic E-state index is -1.54. The van der Waals surface area contributed by atoms with Gasteiger partial charge in [0.15, 0.2) is 17.5 Å². The number of piperidine rings is 1. The number of hydrogen-bond acceptors (Lipinski definition) is 4. The Kier molecular flexibility index (Phi) is 8.26. The standard InChI is InChI=1S/C30H35F3N4O2/c31-24-15-18(16-25(32)28(24)33)5-10-27(38)37-13-11-20(12-14-37)29(30(34)39)36-21-8-6-19(7-9-21)23-17-35-26-4-2-1-3-22(23)26/h1-5,10,15-16,19-21,23,29,35-36H,6-9,11-14,17H2,(H2,34,39)/b10-5+/t19-,21-,23?,29?. The highest BCUT2D eigenvalue weighted by atomic mass is 19.2. The Hall–Kier alpha value is -3.33. The fourth-order valence-electron chi connectivity index (χ4n) is 6.52. The molecule has 0 bridgehead atoms. The second kappa shape index (κ2) is 11.8. The summed E-state index contributed by atoms with van der Waals surface area (Å²) in [5.74, 6) is -3.63. The zero-order chi connectivity index (χ0) is 27.5. The largest absolute Gasteiger partial charge is 0.384 e. The molecule has 2 aliphatic heterocycles. The third-order valence-electron chi connectivity index (χ3n) is 8.68. The fourth-order valence-corrected chi connectivity index (χ4v) is 6.52. The number of nitrogens with two attached hydrogens (primary N) is 1. The molecule has 2 aromatic carbocycles. The van der Waals surface area contributed by atoms with Crippen LogP contribution in [0.15, 0.2) is 42.5 Å². The number of likely N-dealkylation sites (tertiary alicyclic amines) is 1. The molecule has 0 aromatic heterocycles. The van der Waals surface area contributed by atoms with Gasteiger partial charge in [-0.1, -0.05) is 18.2 Å². The molecule has 1 saturated carbocycles. The number of benzene rings is 2. The van der Waals surface area contributed by atoms with Crippen LogP contribution in [0.4, 0.5) is 18.9 Å². The van der Waals surface area contributed by atoms with Gasteiger partial charge in [0.2, 0.25) is 11.8 Å². The predicted octanol–water partition coefficient (Wildman–Crippen LogP) is 4.57. The van der Waals surface area contributed by atoms with Gasteiger partial charge in [-0.25, -0.2) is 13.2 Å². The normalized spacial score (nSPS) is 24.4. The lowest BCUT2D eigenvalue weighted by atomic mass is 9.76. The van der Waals surface area contributed by atoms with Crippen LogP contribution in [0, 0.1) is 29.3 Å². The number of carbonyl (C=O) groups excluding carboxylic acids is 2. The van der Waals surface area contributed by atoms with Crippen molar-refractivity contribution in [3.63, 3.8) is 0 Å². The van der Waals surface area contributed by atoms with E-state index >= 15 is 0 Å². The Balaban J connectivity index is 1.11. The SMILES string of the molecule is NC(=O)C(N[C@H]1CC[C@H](C2CNc3ccccc32)CC1)C1CCN(C(=O)/C=C/c2cc(F)c(F)c(F)c2)CC1. The summed E-state index contributed by atoms with van der Waals surface area (Å²) in [6.07, 6.45) is 7.95. The second-order valence-corrected chi connectivity index (χ2v) is 11.0. The first-order valence-corrected chi connectivity index (χ1v) is 13.8. The topological polar surface area (TPSA) is 87.5 Å². The van der Waals surface area contributed by atoms with E-state index < -0.39 is 23.5 Å². The molecule has 3 aliphatic rings.